The lowest BCUT2D eigenvalue weighted by molar-refractivity contribution is 0.191. The van der Waals surface area contributed by atoms with Gasteiger partial charge in [0.05, 0.1) is 11.5 Å². The van der Waals surface area contributed by atoms with Gasteiger partial charge in [0.25, 0.3) is 0 Å². The number of anilines is 1. The van der Waals surface area contributed by atoms with Crippen molar-refractivity contribution < 1.29 is 5.11 Å². The maximum atomic E-state index is 10.3. The zero-order chi connectivity index (χ0) is 15.6. The van der Waals surface area contributed by atoms with Crippen LogP contribution in [0, 0.1) is 0 Å². The Bertz CT molecular complexity index is 828. The van der Waals surface area contributed by atoms with Gasteiger partial charge in [0, 0.05) is 18.0 Å². The van der Waals surface area contributed by atoms with Crippen LogP contribution in [-0.2, 0) is 13.0 Å². The largest absolute Gasteiger partial charge is 0.387 e. The molecule has 0 amide bonds. The molecule has 1 aromatic carbocycles. The lowest BCUT2D eigenvalue weighted by Gasteiger charge is -2.15. The Kier molecular flexibility index (Phi) is 6.98. The van der Waals surface area contributed by atoms with Gasteiger partial charge in [0.15, 0.2) is 0 Å². The van der Waals surface area contributed by atoms with Crippen LogP contribution in [-0.4, -0.2) is 28.2 Å². The molecule has 0 radical (unpaired) electrons. The van der Waals surface area contributed by atoms with Gasteiger partial charge < -0.3 is 15.7 Å². The average Bonchev–Trinajstić information content (AvgIpc) is 2.99. The molecule has 0 saturated heterocycles. The Morgan fingerprint density at radius 1 is 1.20 bits per heavy atom. The monoisotopic (exact) mass is 398 g/mol. The molecule has 1 unspecified atom stereocenters. The van der Waals surface area contributed by atoms with Crippen molar-refractivity contribution >= 4 is 52.2 Å². The van der Waals surface area contributed by atoms with E-state index in [9.17, 15) is 5.11 Å². The van der Waals surface area contributed by atoms with Crippen molar-refractivity contribution in [3.8, 4) is 0 Å². The lowest BCUT2D eigenvalue weighted by atomic mass is 10.1. The van der Waals surface area contributed by atoms with E-state index in [1.54, 1.807) is 17.7 Å². The highest BCUT2D eigenvalue weighted by Crippen LogP contribution is 2.35. The van der Waals surface area contributed by atoms with Gasteiger partial charge in [-0.15, -0.1) is 36.2 Å². The summed E-state index contributed by atoms with van der Waals surface area (Å²) in [4.78, 5) is 11.2. The normalized spacial score (nSPS) is 14.1. The minimum Gasteiger partial charge on any atom is -0.387 e. The van der Waals surface area contributed by atoms with E-state index in [-0.39, 0.29) is 24.8 Å². The fourth-order valence-electron chi connectivity index (χ4n) is 2.98. The molecule has 0 bridgehead atoms. The Morgan fingerprint density at radius 3 is 2.80 bits per heavy atom. The Balaban J connectivity index is 0.00000113. The molecule has 5 nitrogen and oxygen atoms in total. The molecule has 0 saturated carbocycles. The number of hydrogen-bond donors (Lipinski definition) is 3. The van der Waals surface area contributed by atoms with Crippen LogP contribution in [0.5, 0.6) is 0 Å². The molecule has 134 valence electrons. The number of halogens is 2. The number of aromatic nitrogens is 2. The number of aliphatic hydroxyl groups is 1. The third kappa shape index (κ3) is 4.04. The Morgan fingerprint density at radius 2 is 2.00 bits per heavy atom. The van der Waals surface area contributed by atoms with Crippen LogP contribution in [0.25, 0.3) is 10.2 Å². The minimum absolute atomic E-state index is 0. The van der Waals surface area contributed by atoms with E-state index in [4.69, 9.17) is 0 Å². The summed E-state index contributed by atoms with van der Waals surface area (Å²) in [6, 6.07) is 9.68. The first-order valence-electron chi connectivity index (χ1n) is 7.76. The topological polar surface area (TPSA) is 70.1 Å². The van der Waals surface area contributed by atoms with Crippen molar-refractivity contribution in [2.45, 2.75) is 19.1 Å². The Labute approximate surface area is 162 Å². The molecule has 1 aliphatic heterocycles. The highest BCUT2D eigenvalue weighted by molar-refractivity contribution is 7.18. The van der Waals surface area contributed by atoms with Crippen molar-refractivity contribution in [2.75, 3.05) is 18.4 Å². The Hall–Kier alpha value is -1.44. The number of nitrogens with one attached hydrogen (secondary N) is 2. The summed E-state index contributed by atoms with van der Waals surface area (Å²) in [6.07, 6.45) is 2.03. The van der Waals surface area contributed by atoms with Crippen molar-refractivity contribution in [2.24, 2.45) is 0 Å². The van der Waals surface area contributed by atoms with E-state index in [0.29, 0.717) is 6.54 Å². The molecular weight excluding hydrogens is 379 g/mol. The van der Waals surface area contributed by atoms with Gasteiger partial charge in [-0.05, 0) is 24.1 Å². The maximum Gasteiger partial charge on any atom is 0.138 e. The molecule has 2 aromatic heterocycles. The van der Waals surface area contributed by atoms with E-state index < -0.39 is 6.10 Å². The highest BCUT2D eigenvalue weighted by Gasteiger charge is 2.20. The third-order valence-corrected chi connectivity index (χ3v) is 5.30. The second-order valence-corrected chi connectivity index (χ2v) is 6.72. The van der Waals surface area contributed by atoms with Crippen molar-refractivity contribution in [3.05, 3.63) is 52.7 Å². The SMILES string of the molecule is Cl.Cl.OC(CNc1ncnc2sc3c(c12)CCNC3)c1ccccc1. The molecule has 4 rings (SSSR count). The fourth-order valence-corrected chi connectivity index (χ4v) is 4.14. The summed E-state index contributed by atoms with van der Waals surface area (Å²) >= 11 is 1.73. The quantitative estimate of drug-likeness (QED) is 0.628. The van der Waals surface area contributed by atoms with Crippen molar-refractivity contribution in [1.29, 1.82) is 0 Å². The van der Waals surface area contributed by atoms with Gasteiger partial charge in [0.1, 0.15) is 17.0 Å². The van der Waals surface area contributed by atoms with Gasteiger partial charge >= 0.3 is 0 Å². The summed E-state index contributed by atoms with van der Waals surface area (Å²) in [5.41, 5.74) is 2.25. The van der Waals surface area contributed by atoms with Gasteiger partial charge in [-0.3, -0.25) is 0 Å². The first-order valence-corrected chi connectivity index (χ1v) is 8.57. The standard InChI is InChI=1S/C17H18N4OS.2ClH/c22-13(11-4-2-1-3-5-11)8-19-16-15-12-6-7-18-9-14(12)23-17(15)21-10-20-16;;/h1-5,10,13,18,22H,6-9H2,(H,19,20,21);2*1H. The first-order chi connectivity index (χ1) is 11.3. The van der Waals surface area contributed by atoms with Gasteiger partial charge in [0.2, 0.25) is 0 Å². The van der Waals surface area contributed by atoms with Crippen LogP contribution in [0.3, 0.4) is 0 Å². The number of nitrogens with zero attached hydrogens (tertiary/aromatic N) is 2. The molecule has 8 heteroatoms. The summed E-state index contributed by atoms with van der Waals surface area (Å²) in [7, 11) is 0. The first kappa shape index (κ1) is 19.9. The average molecular weight is 399 g/mol. The van der Waals surface area contributed by atoms with Crippen LogP contribution < -0.4 is 10.6 Å². The number of fused-ring (bicyclic) bond motifs is 3. The second kappa shape index (κ2) is 8.78. The van der Waals surface area contributed by atoms with E-state index in [1.165, 1.54) is 10.4 Å². The van der Waals surface area contributed by atoms with Crippen molar-refractivity contribution in [1.82, 2.24) is 15.3 Å². The minimum atomic E-state index is -0.558. The molecule has 1 aliphatic rings. The molecule has 3 N–H and O–H groups in total. The molecule has 0 spiro atoms. The molecule has 25 heavy (non-hydrogen) atoms. The van der Waals surface area contributed by atoms with Crippen molar-refractivity contribution in [3.63, 3.8) is 0 Å². The van der Waals surface area contributed by atoms with Crippen LogP contribution in [0.15, 0.2) is 36.7 Å². The number of rotatable bonds is 4. The summed E-state index contributed by atoms with van der Waals surface area (Å²) < 4.78 is 0. The van der Waals surface area contributed by atoms with Gasteiger partial charge in [-0.1, -0.05) is 30.3 Å². The zero-order valence-corrected chi connectivity index (χ0v) is 15.9. The fraction of sp³-hybridized carbons (Fsp3) is 0.294. The zero-order valence-electron chi connectivity index (χ0n) is 13.4. The smallest absolute Gasteiger partial charge is 0.138 e. The molecule has 1 atom stereocenters. The number of hydrogen-bond acceptors (Lipinski definition) is 6. The molecule has 3 aromatic rings. The molecule has 0 aliphatic carbocycles. The summed E-state index contributed by atoms with van der Waals surface area (Å²) in [6.45, 7) is 2.32. The molecule has 3 heterocycles. The number of aliphatic hydroxyl groups excluding tert-OH is 1. The van der Waals surface area contributed by atoms with Gasteiger partial charge in [-0.2, -0.15) is 0 Å². The molecular formula is C17H20Cl2N4OS. The second-order valence-electron chi connectivity index (χ2n) is 5.64. The predicted octanol–water partition coefficient (Wildman–Crippen LogP) is 3.33. The van der Waals surface area contributed by atoms with E-state index >= 15 is 0 Å². The maximum absolute atomic E-state index is 10.3. The van der Waals surface area contributed by atoms with Crippen LogP contribution in [0.2, 0.25) is 0 Å². The van der Waals surface area contributed by atoms with Crippen LogP contribution in [0.4, 0.5) is 5.82 Å². The van der Waals surface area contributed by atoms with Crippen LogP contribution >= 0.6 is 36.2 Å². The van der Waals surface area contributed by atoms with E-state index in [1.807, 2.05) is 30.3 Å². The highest BCUT2D eigenvalue weighted by atomic mass is 35.5. The summed E-state index contributed by atoms with van der Waals surface area (Å²) in [5, 5.41) is 18.2. The molecule has 0 fully saturated rings. The lowest BCUT2D eigenvalue weighted by Crippen LogP contribution is -2.22. The predicted molar refractivity (Wildman–Crippen MR) is 107 cm³/mol. The summed E-state index contributed by atoms with van der Waals surface area (Å²) in [5.74, 6) is 0.824. The van der Waals surface area contributed by atoms with Gasteiger partial charge in [-0.25, -0.2) is 9.97 Å². The van der Waals surface area contributed by atoms with Crippen LogP contribution in [0.1, 0.15) is 22.1 Å². The number of thiophene rings is 1. The number of benzene rings is 1. The van der Waals surface area contributed by atoms with E-state index in [2.05, 4.69) is 20.6 Å². The third-order valence-electron chi connectivity index (χ3n) is 4.16. The van der Waals surface area contributed by atoms with E-state index in [0.717, 1.165) is 41.1 Å².